The van der Waals surface area contributed by atoms with Crippen LogP contribution in [0, 0.1) is 6.92 Å². The summed E-state index contributed by atoms with van der Waals surface area (Å²) in [7, 11) is 0. The normalized spacial score (nSPS) is 10.4. The molecule has 0 saturated carbocycles. The van der Waals surface area contributed by atoms with Crippen LogP contribution in [0.5, 0.6) is 5.75 Å². The maximum Gasteiger partial charge on any atom is 0.343 e. The fourth-order valence-electron chi connectivity index (χ4n) is 3.25. The van der Waals surface area contributed by atoms with Crippen LogP contribution >= 0.6 is 0 Å². The summed E-state index contributed by atoms with van der Waals surface area (Å²) in [6, 6.07) is 31.5. The largest absolute Gasteiger partial charge is 0.423 e. The van der Waals surface area contributed by atoms with Gasteiger partial charge in [0.2, 0.25) is 0 Å². The van der Waals surface area contributed by atoms with E-state index in [1.54, 1.807) is 42.5 Å². The number of benzene rings is 4. The van der Waals surface area contributed by atoms with Crippen LogP contribution in [-0.4, -0.2) is 11.8 Å². The number of hydrogen-bond donors (Lipinski definition) is 0. The summed E-state index contributed by atoms with van der Waals surface area (Å²) in [6.45, 7) is 1.82. The molecule has 0 saturated heterocycles. The minimum absolute atomic E-state index is 0.0620. The molecule has 0 bridgehead atoms. The first-order chi connectivity index (χ1) is 14.6. The van der Waals surface area contributed by atoms with Crippen LogP contribution in [0.1, 0.15) is 31.8 Å². The van der Waals surface area contributed by atoms with E-state index in [-0.39, 0.29) is 5.78 Å². The highest BCUT2D eigenvalue weighted by molar-refractivity contribution is 6.09. The second-order valence-corrected chi connectivity index (χ2v) is 7.01. The Labute approximate surface area is 175 Å². The number of rotatable bonds is 5. The molecule has 0 amide bonds. The molecule has 0 aliphatic rings. The summed E-state index contributed by atoms with van der Waals surface area (Å²) in [5.74, 6) is -0.0512. The standard InChI is InChI=1S/C27H20O3/c1-19-18-24(26(28)22-10-6-3-7-11-22)16-17-25(19)30-27(29)23-14-12-21(13-15-23)20-8-4-2-5-9-20/h2-18H,1H3. The number of esters is 1. The highest BCUT2D eigenvalue weighted by atomic mass is 16.5. The number of aryl methyl sites for hydroxylation is 1. The molecule has 0 aliphatic heterocycles. The molecule has 30 heavy (non-hydrogen) atoms. The van der Waals surface area contributed by atoms with Gasteiger partial charge in [0.15, 0.2) is 5.78 Å². The predicted molar refractivity (Wildman–Crippen MR) is 118 cm³/mol. The van der Waals surface area contributed by atoms with E-state index in [4.69, 9.17) is 4.74 Å². The van der Waals surface area contributed by atoms with Gasteiger partial charge < -0.3 is 4.74 Å². The van der Waals surface area contributed by atoms with Gasteiger partial charge in [-0.15, -0.1) is 0 Å². The summed E-state index contributed by atoms with van der Waals surface area (Å²) in [6.07, 6.45) is 0. The maximum atomic E-state index is 12.6. The Kier molecular flexibility index (Phi) is 5.53. The molecule has 0 spiro atoms. The van der Waals surface area contributed by atoms with Crippen LogP contribution in [0.25, 0.3) is 11.1 Å². The van der Waals surface area contributed by atoms with Crippen LogP contribution in [0.2, 0.25) is 0 Å². The zero-order valence-electron chi connectivity index (χ0n) is 16.5. The smallest absolute Gasteiger partial charge is 0.343 e. The van der Waals surface area contributed by atoms with Crippen molar-refractivity contribution in [3.05, 3.63) is 125 Å². The third kappa shape index (κ3) is 4.20. The van der Waals surface area contributed by atoms with Crippen molar-refractivity contribution in [1.82, 2.24) is 0 Å². The van der Waals surface area contributed by atoms with Gasteiger partial charge in [-0.2, -0.15) is 0 Å². The minimum Gasteiger partial charge on any atom is -0.423 e. The van der Waals surface area contributed by atoms with Gasteiger partial charge in [-0.3, -0.25) is 4.79 Å². The van der Waals surface area contributed by atoms with Gasteiger partial charge in [-0.25, -0.2) is 4.79 Å². The highest BCUT2D eigenvalue weighted by Crippen LogP contribution is 2.23. The number of carbonyl (C=O) groups excluding carboxylic acids is 2. The Morgan fingerprint density at radius 3 is 1.80 bits per heavy atom. The van der Waals surface area contributed by atoms with Gasteiger partial charge in [0, 0.05) is 11.1 Å². The average molecular weight is 392 g/mol. The molecule has 0 heterocycles. The van der Waals surface area contributed by atoms with Crippen LogP contribution in [0.4, 0.5) is 0 Å². The Balaban J connectivity index is 1.49. The van der Waals surface area contributed by atoms with Gasteiger partial charge in [-0.1, -0.05) is 72.8 Å². The Morgan fingerprint density at radius 1 is 0.600 bits per heavy atom. The van der Waals surface area contributed by atoms with Crippen molar-refractivity contribution in [2.75, 3.05) is 0 Å². The van der Waals surface area contributed by atoms with Crippen LogP contribution in [0.15, 0.2) is 103 Å². The van der Waals surface area contributed by atoms with E-state index in [1.165, 1.54) is 0 Å². The van der Waals surface area contributed by atoms with Crippen molar-refractivity contribution in [1.29, 1.82) is 0 Å². The molecule has 0 unspecified atom stereocenters. The van der Waals surface area contributed by atoms with E-state index >= 15 is 0 Å². The number of carbonyl (C=O) groups is 2. The van der Waals surface area contributed by atoms with Crippen LogP contribution in [-0.2, 0) is 0 Å². The summed E-state index contributed by atoms with van der Waals surface area (Å²) in [4.78, 5) is 25.2. The maximum absolute atomic E-state index is 12.6. The zero-order chi connectivity index (χ0) is 20.9. The van der Waals surface area contributed by atoms with Gasteiger partial charge in [-0.05, 0) is 53.9 Å². The average Bonchev–Trinajstić information content (AvgIpc) is 2.81. The fourth-order valence-corrected chi connectivity index (χ4v) is 3.25. The first-order valence-corrected chi connectivity index (χ1v) is 9.70. The molecule has 4 aromatic carbocycles. The van der Waals surface area contributed by atoms with E-state index < -0.39 is 5.97 Å². The first-order valence-electron chi connectivity index (χ1n) is 9.70. The van der Waals surface area contributed by atoms with E-state index in [0.717, 1.165) is 16.7 Å². The fraction of sp³-hybridized carbons (Fsp3) is 0.0370. The molecule has 3 heteroatoms. The third-order valence-electron chi connectivity index (χ3n) is 4.90. The lowest BCUT2D eigenvalue weighted by Crippen LogP contribution is -2.10. The van der Waals surface area contributed by atoms with Crippen molar-refractivity contribution in [3.63, 3.8) is 0 Å². The van der Waals surface area contributed by atoms with Gasteiger partial charge in [0.1, 0.15) is 5.75 Å². The monoisotopic (exact) mass is 392 g/mol. The van der Waals surface area contributed by atoms with Gasteiger partial charge >= 0.3 is 5.97 Å². The summed E-state index contributed by atoms with van der Waals surface area (Å²) < 4.78 is 5.57. The molecular weight excluding hydrogens is 372 g/mol. The van der Waals surface area contributed by atoms with Crippen molar-refractivity contribution < 1.29 is 14.3 Å². The third-order valence-corrected chi connectivity index (χ3v) is 4.90. The minimum atomic E-state index is -0.431. The quantitative estimate of drug-likeness (QED) is 0.234. The Morgan fingerprint density at radius 2 is 1.17 bits per heavy atom. The first kappa shape index (κ1) is 19.3. The van der Waals surface area contributed by atoms with Crippen molar-refractivity contribution >= 4 is 11.8 Å². The van der Waals surface area contributed by atoms with Crippen LogP contribution in [0.3, 0.4) is 0 Å². The lowest BCUT2D eigenvalue weighted by Gasteiger charge is -2.10. The highest BCUT2D eigenvalue weighted by Gasteiger charge is 2.14. The molecule has 0 aliphatic carbocycles. The molecule has 4 aromatic rings. The summed E-state index contributed by atoms with van der Waals surface area (Å²) >= 11 is 0. The molecule has 0 atom stereocenters. The lowest BCUT2D eigenvalue weighted by atomic mass is 10.0. The summed E-state index contributed by atoms with van der Waals surface area (Å²) in [5, 5.41) is 0. The molecule has 0 fully saturated rings. The molecule has 4 rings (SSSR count). The Bertz CT molecular complexity index is 1180. The van der Waals surface area contributed by atoms with Crippen molar-refractivity contribution in [2.45, 2.75) is 6.92 Å². The number of ether oxygens (including phenoxy) is 1. The van der Waals surface area contributed by atoms with E-state index in [0.29, 0.717) is 22.4 Å². The van der Waals surface area contributed by atoms with E-state index in [1.807, 2.05) is 67.6 Å². The molecule has 0 aromatic heterocycles. The number of ketones is 1. The van der Waals surface area contributed by atoms with Crippen molar-refractivity contribution in [3.8, 4) is 16.9 Å². The zero-order valence-corrected chi connectivity index (χ0v) is 16.5. The molecular formula is C27H20O3. The lowest BCUT2D eigenvalue weighted by molar-refractivity contribution is 0.0733. The second kappa shape index (κ2) is 8.58. The Hall–Kier alpha value is -3.98. The molecule has 0 radical (unpaired) electrons. The van der Waals surface area contributed by atoms with Crippen molar-refractivity contribution in [2.24, 2.45) is 0 Å². The van der Waals surface area contributed by atoms with Gasteiger partial charge in [0.25, 0.3) is 0 Å². The SMILES string of the molecule is Cc1cc(C(=O)c2ccccc2)ccc1OC(=O)c1ccc(-c2ccccc2)cc1. The number of hydrogen-bond acceptors (Lipinski definition) is 3. The predicted octanol–water partition coefficient (Wildman–Crippen LogP) is 6.11. The topological polar surface area (TPSA) is 43.4 Å². The van der Waals surface area contributed by atoms with E-state index in [2.05, 4.69) is 0 Å². The molecule has 3 nitrogen and oxygen atoms in total. The molecule has 0 N–H and O–H groups in total. The summed E-state index contributed by atoms with van der Waals surface area (Å²) in [5.41, 5.74) is 4.51. The van der Waals surface area contributed by atoms with E-state index in [9.17, 15) is 9.59 Å². The van der Waals surface area contributed by atoms with Crippen LogP contribution < -0.4 is 4.74 Å². The molecule has 146 valence electrons. The second-order valence-electron chi connectivity index (χ2n) is 7.01. The van der Waals surface area contributed by atoms with Gasteiger partial charge in [0.05, 0.1) is 5.56 Å².